The van der Waals surface area contributed by atoms with Crippen LogP contribution >= 0.6 is 0 Å². The quantitative estimate of drug-likeness (QED) is 0.480. The van der Waals surface area contributed by atoms with Crippen LogP contribution in [0.5, 0.6) is 0 Å². The van der Waals surface area contributed by atoms with Crippen LogP contribution in [0, 0.1) is 21.8 Å². The number of hydrogen-bond acceptors (Lipinski definition) is 6. The molecular formula is C11H11F2N3O5S. The topological polar surface area (TPSA) is 118 Å². The summed E-state index contributed by atoms with van der Waals surface area (Å²) in [5, 5.41) is 10.9. The second-order valence-corrected chi connectivity index (χ2v) is 6.08. The monoisotopic (exact) mass is 335 g/mol. The zero-order valence-electron chi connectivity index (χ0n) is 11.0. The Labute approximate surface area is 123 Å². The van der Waals surface area contributed by atoms with E-state index < -0.39 is 43.1 Å². The average molecular weight is 335 g/mol. The molecule has 0 atom stereocenters. The van der Waals surface area contributed by atoms with Gasteiger partial charge in [-0.25, -0.2) is 4.39 Å². The van der Waals surface area contributed by atoms with Gasteiger partial charge in [0.05, 0.1) is 4.92 Å². The summed E-state index contributed by atoms with van der Waals surface area (Å²) in [6.07, 6.45) is 2.21. The molecule has 0 heterocycles. The van der Waals surface area contributed by atoms with E-state index >= 15 is 0 Å². The van der Waals surface area contributed by atoms with Gasteiger partial charge in [0.25, 0.3) is 5.69 Å². The highest BCUT2D eigenvalue weighted by Crippen LogP contribution is 2.31. The third-order valence-corrected chi connectivity index (χ3v) is 4.11. The maximum absolute atomic E-state index is 13.8. The molecule has 1 aromatic carbocycles. The van der Waals surface area contributed by atoms with Gasteiger partial charge in [0.1, 0.15) is 4.90 Å². The lowest BCUT2D eigenvalue weighted by atomic mass is 9.85. The number of nitrogens with one attached hydrogen (secondary N) is 2. The van der Waals surface area contributed by atoms with Crippen molar-refractivity contribution in [2.45, 2.75) is 24.2 Å². The summed E-state index contributed by atoms with van der Waals surface area (Å²) in [6.45, 7) is 0. The van der Waals surface area contributed by atoms with Crippen LogP contribution in [-0.4, -0.2) is 19.2 Å². The van der Waals surface area contributed by atoms with Gasteiger partial charge in [0.15, 0.2) is 11.5 Å². The number of nitrogens with zero attached hydrogens (tertiary/aromatic N) is 1. The van der Waals surface area contributed by atoms with Crippen LogP contribution in [0.3, 0.4) is 0 Å². The molecule has 1 amide bonds. The van der Waals surface area contributed by atoms with Crippen LogP contribution in [0.25, 0.3) is 0 Å². The first-order valence-electron chi connectivity index (χ1n) is 6.18. The zero-order chi connectivity index (χ0) is 16.5. The molecule has 11 heteroatoms. The van der Waals surface area contributed by atoms with Gasteiger partial charge in [0.2, 0.25) is 5.91 Å². The van der Waals surface area contributed by atoms with E-state index in [1.807, 2.05) is 0 Å². The van der Waals surface area contributed by atoms with Gasteiger partial charge in [0, 0.05) is 12.0 Å². The van der Waals surface area contributed by atoms with E-state index in [1.54, 1.807) is 0 Å². The maximum Gasteiger partial charge on any atom is 0.332 e. The van der Waals surface area contributed by atoms with Crippen molar-refractivity contribution in [2.24, 2.45) is 5.92 Å². The van der Waals surface area contributed by atoms with Crippen LogP contribution < -0.4 is 10.9 Å². The van der Waals surface area contributed by atoms with Crippen molar-refractivity contribution < 1.29 is 26.4 Å². The second kappa shape index (κ2) is 5.83. The normalized spacial score (nSPS) is 15.0. The highest BCUT2D eigenvalue weighted by atomic mass is 32.3. The number of nitro groups is 1. The molecule has 22 heavy (non-hydrogen) atoms. The Morgan fingerprint density at radius 3 is 2.45 bits per heavy atom. The average Bonchev–Trinajstić information content (AvgIpc) is 2.32. The first kappa shape index (κ1) is 16.1. The molecule has 0 bridgehead atoms. The number of hydrogen-bond donors (Lipinski definition) is 2. The predicted octanol–water partition coefficient (Wildman–Crippen LogP) is 1.64. The number of hydrazine groups is 1. The second-order valence-electron chi connectivity index (χ2n) is 4.74. The number of anilines is 1. The SMILES string of the molecule is O=C(NNc1c(F)cc(S(=O)(=O)F)cc1[N+](=O)[O-])C1CCC1. The summed E-state index contributed by atoms with van der Waals surface area (Å²) < 4.78 is 48.1. The Bertz CT molecular complexity index is 733. The summed E-state index contributed by atoms with van der Waals surface area (Å²) in [6, 6.07) is 0.663. The molecule has 2 rings (SSSR count). The molecule has 1 aliphatic carbocycles. The third-order valence-electron chi connectivity index (χ3n) is 3.31. The largest absolute Gasteiger partial charge is 0.332 e. The van der Waals surface area contributed by atoms with E-state index in [4.69, 9.17) is 0 Å². The van der Waals surface area contributed by atoms with E-state index in [9.17, 15) is 31.6 Å². The van der Waals surface area contributed by atoms with Gasteiger partial charge in [-0.15, -0.1) is 3.89 Å². The lowest BCUT2D eigenvalue weighted by Crippen LogP contribution is -2.38. The molecule has 0 aliphatic heterocycles. The van der Waals surface area contributed by atoms with Crippen molar-refractivity contribution in [3.05, 3.63) is 28.1 Å². The van der Waals surface area contributed by atoms with Gasteiger partial charge in [-0.3, -0.25) is 25.8 Å². The van der Waals surface area contributed by atoms with Crippen LogP contribution in [0.2, 0.25) is 0 Å². The van der Waals surface area contributed by atoms with Crippen molar-refractivity contribution in [1.82, 2.24) is 5.43 Å². The molecule has 0 saturated heterocycles. The van der Waals surface area contributed by atoms with Crippen LogP contribution in [-0.2, 0) is 15.0 Å². The molecule has 0 radical (unpaired) electrons. The van der Waals surface area contributed by atoms with Gasteiger partial charge in [-0.1, -0.05) is 6.42 Å². The number of nitro benzene ring substituents is 1. The highest BCUT2D eigenvalue weighted by molar-refractivity contribution is 7.86. The van der Waals surface area contributed by atoms with E-state index in [1.165, 1.54) is 0 Å². The molecule has 8 nitrogen and oxygen atoms in total. The fourth-order valence-electron chi connectivity index (χ4n) is 1.87. The lowest BCUT2D eigenvalue weighted by molar-refractivity contribution is -0.384. The fraction of sp³-hybridized carbons (Fsp3) is 0.364. The number of carbonyl (C=O) groups excluding carboxylic acids is 1. The molecule has 1 aromatic rings. The van der Waals surface area contributed by atoms with E-state index in [-0.39, 0.29) is 5.92 Å². The highest BCUT2D eigenvalue weighted by Gasteiger charge is 2.28. The Morgan fingerprint density at radius 1 is 1.36 bits per heavy atom. The summed E-state index contributed by atoms with van der Waals surface area (Å²) in [5.41, 5.74) is 2.42. The van der Waals surface area contributed by atoms with Crippen LogP contribution in [0.1, 0.15) is 19.3 Å². The van der Waals surface area contributed by atoms with Gasteiger partial charge in [-0.2, -0.15) is 8.42 Å². The first-order chi connectivity index (χ1) is 10.2. The maximum atomic E-state index is 13.8. The number of amides is 1. The third kappa shape index (κ3) is 3.30. The minimum atomic E-state index is -5.30. The molecule has 0 aromatic heterocycles. The number of benzene rings is 1. The summed E-state index contributed by atoms with van der Waals surface area (Å²) in [7, 11) is -5.30. The molecule has 0 spiro atoms. The molecule has 0 unspecified atom stereocenters. The van der Waals surface area contributed by atoms with Crippen molar-refractivity contribution in [3.63, 3.8) is 0 Å². The summed E-state index contributed by atoms with van der Waals surface area (Å²) >= 11 is 0. The van der Waals surface area contributed by atoms with Crippen molar-refractivity contribution in [3.8, 4) is 0 Å². The molecule has 1 aliphatic rings. The van der Waals surface area contributed by atoms with Crippen molar-refractivity contribution >= 4 is 27.5 Å². The van der Waals surface area contributed by atoms with E-state index in [2.05, 4.69) is 10.9 Å². The Morgan fingerprint density at radius 2 is 2.00 bits per heavy atom. The number of carbonyl (C=O) groups is 1. The lowest BCUT2D eigenvalue weighted by Gasteiger charge is -2.24. The smallest absolute Gasteiger partial charge is 0.290 e. The minimum Gasteiger partial charge on any atom is -0.290 e. The summed E-state index contributed by atoms with van der Waals surface area (Å²) in [4.78, 5) is 20.2. The Hall–Kier alpha value is -2.30. The van der Waals surface area contributed by atoms with Gasteiger partial charge in [-0.05, 0) is 18.9 Å². The van der Waals surface area contributed by atoms with Gasteiger partial charge < -0.3 is 0 Å². The number of halogens is 2. The van der Waals surface area contributed by atoms with Crippen molar-refractivity contribution in [2.75, 3.05) is 5.43 Å². The zero-order valence-corrected chi connectivity index (χ0v) is 11.8. The standard InChI is InChI=1S/C11H11F2N3O5S/c12-8-4-7(22(13,20)21)5-9(16(18)19)10(8)14-15-11(17)6-2-1-3-6/h4-6,14H,1-3H2,(H,15,17). The molecule has 120 valence electrons. The van der Waals surface area contributed by atoms with E-state index in [0.29, 0.717) is 25.0 Å². The van der Waals surface area contributed by atoms with E-state index in [0.717, 1.165) is 6.42 Å². The van der Waals surface area contributed by atoms with Gasteiger partial charge >= 0.3 is 10.2 Å². The minimum absolute atomic E-state index is 0.250. The predicted molar refractivity (Wildman–Crippen MR) is 70.5 cm³/mol. The molecule has 2 N–H and O–H groups in total. The van der Waals surface area contributed by atoms with Crippen LogP contribution in [0.15, 0.2) is 17.0 Å². The Balaban J connectivity index is 2.29. The van der Waals surface area contributed by atoms with Crippen molar-refractivity contribution in [1.29, 1.82) is 0 Å². The fourth-order valence-corrected chi connectivity index (χ4v) is 2.37. The summed E-state index contributed by atoms with van der Waals surface area (Å²) in [5.74, 6) is -2.08. The van der Waals surface area contributed by atoms with Crippen LogP contribution in [0.4, 0.5) is 19.7 Å². The Kier molecular flexibility index (Phi) is 4.26. The molecule has 1 saturated carbocycles. The number of rotatable bonds is 5. The molecular weight excluding hydrogens is 324 g/mol. The molecule has 1 fully saturated rings. The first-order valence-corrected chi connectivity index (χ1v) is 7.57.